The number of imidazole rings is 1. The van der Waals surface area contributed by atoms with Crippen molar-refractivity contribution < 1.29 is 0 Å². The number of thiocarbonyl (C=S) groups is 1. The molecular weight excluding hydrogens is 458 g/mol. The van der Waals surface area contributed by atoms with E-state index >= 15 is 0 Å². The first-order valence-corrected chi connectivity index (χ1v) is 13.2. The molecule has 4 heteroatoms. The lowest BCUT2D eigenvalue weighted by molar-refractivity contribution is 0.647. The van der Waals surface area contributed by atoms with Gasteiger partial charge in [-0.05, 0) is 62.3 Å². The number of hydrogen-bond donors (Lipinski definition) is 1. The average molecular weight is 490 g/mol. The monoisotopic (exact) mass is 489 g/mol. The largest absolute Gasteiger partial charge is 0.344 e. The molecule has 1 N–H and O–H groups in total. The van der Waals surface area contributed by atoms with Gasteiger partial charge in [-0.1, -0.05) is 90.6 Å². The van der Waals surface area contributed by atoms with Crippen molar-refractivity contribution in [3.05, 3.63) is 107 Å². The fourth-order valence-electron chi connectivity index (χ4n) is 5.66. The molecule has 6 rings (SSSR count). The molecular formula is C32H31N3S. The summed E-state index contributed by atoms with van der Waals surface area (Å²) in [7, 11) is 0. The Labute approximate surface area is 218 Å². The number of para-hydroxylation sites is 1. The van der Waals surface area contributed by atoms with E-state index in [2.05, 4.69) is 114 Å². The molecule has 0 spiro atoms. The zero-order chi connectivity index (χ0) is 24.8. The van der Waals surface area contributed by atoms with Gasteiger partial charge in [0.15, 0.2) is 0 Å². The van der Waals surface area contributed by atoms with Crippen molar-refractivity contribution >= 4 is 28.5 Å². The van der Waals surface area contributed by atoms with Gasteiger partial charge < -0.3 is 9.88 Å². The van der Waals surface area contributed by atoms with E-state index in [-0.39, 0.29) is 0 Å². The molecule has 0 saturated heterocycles. The summed E-state index contributed by atoms with van der Waals surface area (Å²) in [6.45, 7) is 7.43. The molecule has 180 valence electrons. The van der Waals surface area contributed by atoms with Gasteiger partial charge in [-0.15, -0.1) is 0 Å². The van der Waals surface area contributed by atoms with Crippen LogP contribution in [0, 0.1) is 20.8 Å². The summed E-state index contributed by atoms with van der Waals surface area (Å²) < 4.78 is 4.88. The van der Waals surface area contributed by atoms with Crippen molar-refractivity contribution in [1.29, 1.82) is 0 Å². The highest BCUT2D eigenvalue weighted by atomic mass is 32.1. The van der Waals surface area contributed by atoms with Gasteiger partial charge in [-0.3, -0.25) is 4.40 Å². The van der Waals surface area contributed by atoms with Gasteiger partial charge >= 0.3 is 0 Å². The maximum absolute atomic E-state index is 6.20. The summed E-state index contributed by atoms with van der Waals surface area (Å²) in [6, 6.07) is 26.0. The molecule has 0 atom stereocenters. The van der Waals surface area contributed by atoms with Crippen LogP contribution in [0.4, 0.5) is 5.69 Å². The smallest absolute Gasteiger partial charge is 0.128 e. The van der Waals surface area contributed by atoms with Crippen molar-refractivity contribution in [2.24, 2.45) is 0 Å². The van der Waals surface area contributed by atoms with Crippen LogP contribution in [0.5, 0.6) is 0 Å². The fourth-order valence-corrected chi connectivity index (χ4v) is 5.97. The number of aryl methyl sites for hydroxylation is 5. The maximum atomic E-state index is 6.20. The van der Waals surface area contributed by atoms with E-state index in [0.717, 1.165) is 29.3 Å². The lowest BCUT2D eigenvalue weighted by Crippen LogP contribution is -2.15. The lowest BCUT2D eigenvalue weighted by atomic mass is 9.98. The fraction of sp³-hybridized carbons (Fsp3) is 0.219. The Morgan fingerprint density at radius 1 is 0.806 bits per heavy atom. The molecule has 0 bridgehead atoms. The second-order valence-corrected chi connectivity index (χ2v) is 10.4. The molecule has 5 aromatic rings. The Balaban J connectivity index is 1.62. The summed E-state index contributed by atoms with van der Waals surface area (Å²) in [4.78, 5) is 0.765. The first kappa shape index (κ1) is 22.8. The summed E-state index contributed by atoms with van der Waals surface area (Å²) in [5, 5.41) is 3.65. The van der Waals surface area contributed by atoms with E-state index in [4.69, 9.17) is 12.2 Å². The van der Waals surface area contributed by atoms with Gasteiger partial charge in [0.2, 0.25) is 0 Å². The predicted octanol–water partition coefficient (Wildman–Crippen LogP) is 8.12. The van der Waals surface area contributed by atoms with Crippen LogP contribution in [-0.4, -0.2) is 14.0 Å². The van der Waals surface area contributed by atoms with Crippen LogP contribution in [0.2, 0.25) is 0 Å². The number of rotatable bonds is 4. The van der Waals surface area contributed by atoms with E-state index in [1.807, 2.05) is 0 Å². The highest BCUT2D eigenvalue weighted by Crippen LogP contribution is 2.40. The molecule has 36 heavy (non-hydrogen) atoms. The third-order valence-electron chi connectivity index (χ3n) is 7.48. The van der Waals surface area contributed by atoms with Gasteiger partial charge in [0.05, 0.1) is 11.4 Å². The number of benzene rings is 3. The zero-order valence-electron chi connectivity index (χ0n) is 21.1. The number of anilines is 1. The molecule has 0 radical (unpaired) electrons. The molecule has 0 fully saturated rings. The van der Waals surface area contributed by atoms with E-state index in [0.29, 0.717) is 0 Å². The van der Waals surface area contributed by atoms with Crippen molar-refractivity contribution in [2.45, 2.75) is 46.6 Å². The van der Waals surface area contributed by atoms with Crippen LogP contribution in [0.1, 0.15) is 40.8 Å². The molecule has 1 aliphatic heterocycles. The highest BCUT2D eigenvalue weighted by Gasteiger charge is 2.28. The van der Waals surface area contributed by atoms with Crippen molar-refractivity contribution in [3.63, 3.8) is 0 Å². The van der Waals surface area contributed by atoms with Crippen LogP contribution in [0.25, 0.3) is 28.0 Å². The average Bonchev–Trinajstić information content (AvgIpc) is 3.30. The SMILES string of the molecule is Cc1ccc(-c2cn3c(C(=S)Nc4c(C)cccc4C)c(-c4ccccc4)c4c3n2CCCC4)cc1. The minimum atomic E-state index is 0.765. The van der Waals surface area contributed by atoms with Crippen LogP contribution in [0.3, 0.4) is 0 Å². The zero-order valence-corrected chi connectivity index (χ0v) is 22.0. The third-order valence-corrected chi connectivity index (χ3v) is 7.77. The van der Waals surface area contributed by atoms with Gasteiger partial charge in [0.25, 0.3) is 0 Å². The standard InChI is InChI=1S/C32H31N3S/c1-21-15-17-24(18-16-21)27-20-35-30(31(36)33-29-22(2)10-9-11-23(29)3)28(25-12-5-4-6-13-25)26-14-7-8-19-34(27)32(26)35/h4-6,9-13,15-18,20H,7-8,14,19H2,1-3H3,(H,33,36). The molecule has 0 saturated carbocycles. The molecule has 3 aromatic carbocycles. The molecule has 3 heterocycles. The minimum absolute atomic E-state index is 0.765. The van der Waals surface area contributed by atoms with Gasteiger partial charge in [0.1, 0.15) is 10.6 Å². The summed E-state index contributed by atoms with van der Waals surface area (Å²) in [5.74, 6) is 0. The third kappa shape index (κ3) is 3.77. The Hall–Kier alpha value is -3.63. The van der Waals surface area contributed by atoms with Crippen LogP contribution < -0.4 is 5.32 Å². The van der Waals surface area contributed by atoms with Gasteiger partial charge in [-0.2, -0.15) is 0 Å². The van der Waals surface area contributed by atoms with Gasteiger partial charge in [0, 0.05) is 29.6 Å². The van der Waals surface area contributed by atoms with Crippen LogP contribution >= 0.6 is 12.2 Å². The Morgan fingerprint density at radius 2 is 1.53 bits per heavy atom. The summed E-state index contributed by atoms with van der Waals surface area (Å²) in [5.41, 5.74) is 13.5. The molecule has 0 amide bonds. The first-order chi connectivity index (χ1) is 17.5. The Morgan fingerprint density at radius 3 is 2.25 bits per heavy atom. The molecule has 1 aliphatic rings. The van der Waals surface area contributed by atoms with Crippen LogP contribution in [0.15, 0.2) is 79.0 Å². The van der Waals surface area contributed by atoms with Crippen molar-refractivity contribution in [3.8, 4) is 22.4 Å². The van der Waals surface area contributed by atoms with E-state index in [9.17, 15) is 0 Å². The number of nitrogens with one attached hydrogen (secondary N) is 1. The predicted molar refractivity (Wildman–Crippen MR) is 155 cm³/mol. The summed E-state index contributed by atoms with van der Waals surface area (Å²) in [6.07, 6.45) is 5.70. The van der Waals surface area contributed by atoms with E-state index < -0.39 is 0 Å². The van der Waals surface area contributed by atoms with E-state index in [1.165, 1.54) is 63.1 Å². The number of aromatic nitrogens is 2. The number of hydrogen-bond acceptors (Lipinski definition) is 1. The Bertz CT molecular complexity index is 1570. The second-order valence-electron chi connectivity index (χ2n) is 9.97. The molecule has 3 nitrogen and oxygen atoms in total. The topological polar surface area (TPSA) is 21.4 Å². The lowest BCUT2D eigenvalue weighted by Gasteiger charge is -2.15. The van der Waals surface area contributed by atoms with E-state index in [1.54, 1.807) is 0 Å². The molecule has 0 unspecified atom stereocenters. The Kier molecular flexibility index (Phi) is 5.77. The quantitative estimate of drug-likeness (QED) is 0.257. The normalized spacial score (nSPS) is 13.1. The maximum Gasteiger partial charge on any atom is 0.128 e. The number of nitrogens with zero attached hydrogens (tertiary/aromatic N) is 2. The molecule has 2 aromatic heterocycles. The summed E-state index contributed by atoms with van der Waals surface area (Å²) >= 11 is 6.20. The molecule has 0 aliphatic carbocycles. The first-order valence-electron chi connectivity index (χ1n) is 12.8. The van der Waals surface area contributed by atoms with Crippen molar-refractivity contribution in [2.75, 3.05) is 5.32 Å². The highest BCUT2D eigenvalue weighted by molar-refractivity contribution is 7.81. The van der Waals surface area contributed by atoms with Crippen LogP contribution in [-0.2, 0) is 13.0 Å². The van der Waals surface area contributed by atoms with Crippen molar-refractivity contribution in [1.82, 2.24) is 8.97 Å². The minimum Gasteiger partial charge on any atom is -0.344 e. The van der Waals surface area contributed by atoms with Gasteiger partial charge in [-0.25, -0.2) is 0 Å². The second kappa shape index (κ2) is 9.11.